The summed E-state index contributed by atoms with van der Waals surface area (Å²) in [6.07, 6.45) is 5.63. The summed E-state index contributed by atoms with van der Waals surface area (Å²) >= 11 is 5.86. The molecule has 0 heterocycles. The van der Waals surface area contributed by atoms with Crippen LogP contribution in [0.2, 0.25) is 5.02 Å². The van der Waals surface area contributed by atoms with Crippen LogP contribution in [0.1, 0.15) is 38.2 Å². The van der Waals surface area contributed by atoms with E-state index in [9.17, 15) is 0 Å². The molecule has 0 aliphatic heterocycles. The lowest BCUT2D eigenvalue weighted by molar-refractivity contribution is 0.274. The van der Waals surface area contributed by atoms with Gasteiger partial charge in [-0.1, -0.05) is 43.5 Å². The lowest BCUT2D eigenvalue weighted by Crippen LogP contribution is -2.26. The molecule has 1 aliphatic carbocycles. The van der Waals surface area contributed by atoms with Gasteiger partial charge < -0.3 is 5.32 Å². The summed E-state index contributed by atoms with van der Waals surface area (Å²) in [5.41, 5.74) is 1.32. The summed E-state index contributed by atoms with van der Waals surface area (Å²) in [5.74, 6) is 1.80. The highest BCUT2D eigenvalue weighted by Crippen LogP contribution is 2.27. The molecular formula is C15H22ClN. The Morgan fingerprint density at radius 2 is 2.00 bits per heavy atom. The van der Waals surface area contributed by atoms with E-state index in [2.05, 4.69) is 24.4 Å². The molecule has 1 N–H and O–H groups in total. The number of rotatable bonds is 4. The second kappa shape index (κ2) is 6.42. The molecule has 2 rings (SSSR count). The summed E-state index contributed by atoms with van der Waals surface area (Å²) in [6.45, 7) is 4.50. The van der Waals surface area contributed by atoms with Crippen LogP contribution in [0.25, 0.3) is 0 Å². The molecule has 0 amide bonds. The molecule has 0 spiro atoms. The highest BCUT2D eigenvalue weighted by atomic mass is 35.5. The summed E-state index contributed by atoms with van der Waals surface area (Å²) < 4.78 is 0. The minimum absolute atomic E-state index is 0.815. The molecule has 0 saturated heterocycles. The zero-order valence-corrected chi connectivity index (χ0v) is 11.3. The van der Waals surface area contributed by atoms with Gasteiger partial charge >= 0.3 is 0 Å². The van der Waals surface area contributed by atoms with E-state index in [4.69, 9.17) is 11.6 Å². The van der Waals surface area contributed by atoms with Gasteiger partial charge in [0.2, 0.25) is 0 Å². The van der Waals surface area contributed by atoms with Gasteiger partial charge in [-0.2, -0.15) is 0 Å². The number of benzene rings is 1. The van der Waals surface area contributed by atoms with Crippen LogP contribution >= 0.6 is 11.6 Å². The molecule has 2 atom stereocenters. The SMILES string of the molecule is CC1CCCC(CNCc2ccc(Cl)cc2)C1. The topological polar surface area (TPSA) is 12.0 Å². The van der Waals surface area contributed by atoms with Crippen molar-refractivity contribution in [1.82, 2.24) is 5.32 Å². The van der Waals surface area contributed by atoms with Crippen molar-refractivity contribution in [2.24, 2.45) is 11.8 Å². The van der Waals surface area contributed by atoms with Crippen LogP contribution in [0, 0.1) is 11.8 Å². The van der Waals surface area contributed by atoms with Gasteiger partial charge in [-0.3, -0.25) is 0 Å². The van der Waals surface area contributed by atoms with Crippen LogP contribution < -0.4 is 5.32 Å². The third-order valence-corrected chi connectivity index (χ3v) is 3.97. The molecule has 2 heteroatoms. The van der Waals surface area contributed by atoms with E-state index in [1.165, 1.54) is 31.2 Å². The number of halogens is 1. The third kappa shape index (κ3) is 4.33. The maximum atomic E-state index is 5.86. The van der Waals surface area contributed by atoms with Crippen molar-refractivity contribution >= 4 is 11.6 Å². The molecule has 1 fully saturated rings. The predicted molar refractivity (Wildman–Crippen MR) is 74.3 cm³/mol. The maximum absolute atomic E-state index is 5.86. The molecule has 1 saturated carbocycles. The quantitative estimate of drug-likeness (QED) is 0.843. The first-order valence-corrected chi connectivity index (χ1v) is 7.07. The van der Waals surface area contributed by atoms with Crippen LogP contribution in [0.3, 0.4) is 0 Å². The Morgan fingerprint density at radius 1 is 1.24 bits per heavy atom. The molecule has 1 nitrogen and oxygen atoms in total. The van der Waals surface area contributed by atoms with Crippen LogP contribution in [-0.4, -0.2) is 6.54 Å². The normalized spacial score (nSPS) is 24.8. The van der Waals surface area contributed by atoms with Crippen molar-refractivity contribution in [3.8, 4) is 0 Å². The van der Waals surface area contributed by atoms with Crippen molar-refractivity contribution in [3.05, 3.63) is 34.9 Å². The molecule has 2 unspecified atom stereocenters. The van der Waals surface area contributed by atoms with E-state index < -0.39 is 0 Å². The van der Waals surface area contributed by atoms with Gasteiger partial charge in [0.15, 0.2) is 0 Å². The smallest absolute Gasteiger partial charge is 0.0406 e. The molecule has 0 bridgehead atoms. The van der Waals surface area contributed by atoms with Crippen molar-refractivity contribution < 1.29 is 0 Å². The second-order valence-corrected chi connectivity index (χ2v) is 5.83. The predicted octanol–water partition coefficient (Wildman–Crippen LogP) is 4.26. The average Bonchev–Trinajstić information content (AvgIpc) is 2.32. The van der Waals surface area contributed by atoms with E-state index in [1.54, 1.807) is 0 Å². The van der Waals surface area contributed by atoms with Crippen LogP contribution in [0.4, 0.5) is 0 Å². The van der Waals surface area contributed by atoms with Gasteiger partial charge in [0.1, 0.15) is 0 Å². The van der Waals surface area contributed by atoms with Crippen LogP contribution in [0.5, 0.6) is 0 Å². The largest absolute Gasteiger partial charge is 0.312 e. The lowest BCUT2D eigenvalue weighted by Gasteiger charge is -2.26. The zero-order chi connectivity index (χ0) is 12.1. The Bertz CT molecular complexity index is 333. The summed E-state index contributed by atoms with van der Waals surface area (Å²) in [7, 11) is 0. The maximum Gasteiger partial charge on any atom is 0.0406 e. The summed E-state index contributed by atoms with van der Waals surface area (Å²) in [5, 5.41) is 4.38. The van der Waals surface area contributed by atoms with Crippen molar-refractivity contribution in [1.29, 1.82) is 0 Å². The first-order valence-electron chi connectivity index (χ1n) is 6.69. The molecule has 1 aliphatic rings. The highest BCUT2D eigenvalue weighted by molar-refractivity contribution is 6.30. The standard InChI is InChI=1S/C15H22ClN/c1-12-3-2-4-14(9-12)11-17-10-13-5-7-15(16)8-6-13/h5-8,12,14,17H,2-4,9-11H2,1H3. The summed E-state index contributed by atoms with van der Waals surface area (Å²) in [4.78, 5) is 0. The van der Waals surface area contributed by atoms with Crippen molar-refractivity contribution in [2.45, 2.75) is 39.2 Å². The lowest BCUT2D eigenvalue weighted by atomic mass is 9.82. The Labute approximate surface area is 110 Å². The van der Waals surface area contributed by atoms with Crippen molar-refractivity contribution in [2.75, 3.05) is 6.54 Å². The van der Waals surface area contributed by atoms with Gasteiger partial charge in [-0.25, -0.2) is 0 Å². The Hall–Kier alpha value is -0.530. The molecule has 1 aromatic carbocycles. The first-order chi connectivity index (χ1) is 8.24. The van der Waals surface area contributed by atoms with Gasteiger partial charge in [0.25, 0.3) is 0 Å². The van der Waals surface area contributed by atoms with E-state index in [1.807, 2.05) is 12.1 Å². The van der Waals surface area contributed by atoms with E-state index in [0.717, 1.165) is 29.9 Å². The number of hydrogen-bond acceptors (Lipinski definition) is 1. The molecule has 0 aromatic heterocycles. The number of nitrogens with one attached hydrogen (secondary N) is 1. The Morgan fingerprint density at radius 3 is 2.71 bits per heavy atom. The molecule has 94 valence electrons. The van der Waals surface area contributed by atoms with Gasteiger partial charge in [0, 0.05) is 11.6 Å². The van der Waals surface area contributed by atoms with Gasteiger partial charge in [0.05, 0.1) is 0 Å². The van der Waals surface area contributed by atoms with Crippen molar-refractivity contribution in [3.63, 3.8) is 0 Å². The molecule has 1 aromatic rings. The zero-order valence-electron chi connectivity index (χ0n) is 10.6. The Balaban J connectivity index is 1.70. The third-order valence-electron chi connectivity index (χ3n) is 3.72. The minimum atomic E-state index is 0.815. The fourth-order valence-electron chi connectivity index (χ4n) is 2.77. The highest BCUT2D eigenvalue weighted by Gasteiger charge is 2.17. The monoisotopic (exact) mass is 251 g/mol. The molecule has 17 heavy (non-hydrogen) atoms. The Kier molecular flexibility index (Phi) is 4.87. The minimum Gasteiger partial charge on any atom is -0.312 e. The number of hydrogen-bond donors (Lipinski definition) is 1. The summed E-state index contributed by atoms with van der Waals surface area (Å²) in [6, 6.07) is 8.11. The fourth-order valence-corrected chi connectivity index (χ4v) is 2.89. The van der Waals surface area contributed by atoms with Crippen LogP contribution in [-0.2, 0) is 6.54 Å². The second-order valence-electron chi connectivity index (χ2n) is 5.40. The molecule has 0 radical (unpaired) electrons. The van der Waals surface area contributed by atoms with E-state index in [0.29, 0.717) is 0 Å². The van der Waals surface area contributed by atoms with Gasteiger partial charge in [-0.05, 0) is 48.9 Å². The van der Waals surface area contributed by atoms with Crippen LogP contribution in [0.15, 0.2) is 24.3 Å². The van der Waals surface area contributed by atoms with Gasteiger partial charge in [-0.15, -0.1) is 0 Å². The van der Waals surface area contributed by atoms with E-state index >= 15 is 0 Å². The first kappa shape index (κ1) is 12.9. The van der Waals surface area contributed by atoms with E-state index in [-0.39, 0.29) is 0 Å². The fraction of sp³-hybridized carbons (Fsp3) is 0.600. The molecular weight excluding hydrogens is 230 g/mol. The average molecular weight is 252 g/mol.